The first kappa shape index (κ1) is 9.68. The van der Waals surface area contributed by atoms with Crippen molar-refractivity contribution >= 4 is 5.97 Å². The van der Waals surface area contributed by atoms with Crippen molar-refractivity contribution in [2.75, 3.05) is 0 Å². The lowest BCUT2D eigenvalue weighted by Crippen LogP contribution is -2.29. The summed E-state index contributed by atoms with van der Waals surface area (Å²) in [5, 5.41) is 9.18. The van der Waals surface area contributed by atoms with Crippen molar-refractivity contribution in [3.8, 4) is 0 Å². The molecule has 3 aliphatic rings. The van der Waals surface area contributed by atoms with Crippen LogP contribution in [0.3, 0.4) is 0 Å². The van der Waals surface area contributed by atoms with Crippen LogP contribution in [0.1, 0.15) is 39.0 Å². The van der Waals surface area contributed by atoms with Gasteiger partial charge in [0.25, 0.3) is 0 Å². The van der Waals surface area contributed by atoms with Crippen molar-refractivity contribution in [2.24, 2.45) is 35.5 Å². The molecule has 3 saturated carbocycles. The van der Waals surface area contributed by atoms with E-state index in [4.69, 9.17) is 0 Å². The molecule has 6 atom stereocenters. The Kier molecular flexibility index (Phi) is 2.08. The highest BCUT2D eigenvalue weighted by molar-refractivity contribution is 5.71. The molecule has 2 bridgehead atoms. The highest BCUT2D eigenvalue weighted by Gasteiger charge is 2.57. The zero-order valence-electron chi connectivity index (χ0n) is 9.36. The van der Waals surface area contributed by atoms with Gasteiger partial charge in [-0.1, -0.05) is 13.3 Å². The molecule has 84 valence electrons. The first-order valence-corrected chi connectivity index (χ1v) is 6.43. The number of hydrogen-bond donors (Lipinski definition) is 1. The van der Waals surface area contributed by atoms with E-state index in [1.165, 1.54) is 25.7 Å². The summed E-state index contributed by atoms with van der Waals surface area (Å²) in [6.45, 7) is 2.28. The fraction of sp³-hybridized carbons (Fsp3) is 0.923. The minimum atomic E-state index is -0.527. The van der Waals surface area contributed by atoms with Gasteiger partial charge < -0.3 is 5.11 Å². The number of aliphatic carboxylic acids is 1. The van der Waals surface area contributed by atoms with E-state index in [9.17, 15) is 9.90 Å². The van der Waals surface area contributed by atoms with Gasteiger partial charge in [-0.3, -0.25) is 4.79 Å². The standard InChI is InChI=1S/C13H20O2/c1-2-7-3-9-8-5-11(10(9)4-7)12(6-8)13(14)15/h7-12H,2-6H2,1H3,(H,14,15). The molecular formula is C13H20O2. The van der Waals surface area contributed by atoms with Crippen LogP contribution in [-0.4, -0.2) is 11.1 Å². The predicted octanol–water partition coefficient (Wildman–Crippen LogP) is 2.78. The van der Waals surface area contributed by atoms with E-state index in [2.05, 4.69) is 6.92 Å². The van der Waals surface area contributed by atoms with Crippen LogP contribution in [0.2, 0.25) is 0 Å². The molecule has 2 nitrogen and oxygen atoms in total. The fourth-order valence-corrected chi connectivity index (χ4v) is 4.80. The molecule has 0 saturated heterocycles. The van der Waals surface area contributed by atoms with Gasteiger partial charge in [0.15, 0.2) is 0 Å². The molecule has 0 heterocycles. The average Bonchev–Trinajstić information content (AvgIpc) is 2.87. The number of hydrogen-bond acceptors (Lipinski definition) is 1. The SMILES string of the molecule is CCC1CC2C3CC(C(=O)O)C(C3)C2C1. The van der Waals surface area contributed by atoms with Gasteiger partial charge in [-0.15, -0.1) is 0 Å². The Morgan fingerprint density at radius 3 is 2.53 bits per heavy atom. The zero-order chi connectivity index (χ0) is 10.6. The van der Waals surface area contributed by atoms with Gasteiger partial charge in [0.2, 0.25) is 0 Å². The van der Waals surface area contributed by atoms with Gasteiger partial charge >= 0.3 is 5.97 Å². The molecule has 0 aromatic rings. The van der Waals surface area contributed by atoms with Crippen molar-refractivity contribution in [3.63, 3.8) is 0 Å². The van der Waals surface area contributed by atoms with E-state index in [0.717, 1.165) is 30.1 Å². The van der Waals surface area contributed by atoms with E-state index in [0.29, 0.717) is 5.92 Å². The van der Waals surface area contributed by atoms with Crippen molar-refractivity contribution in [3.05, 3.63) is 0 Å². The Labute approximate surface area is 91.1 Å². The summed E-state index contributed by atoms with van der Waals surface area (Å²) in [4.78, 5) is 11.1. The van der Waals surface area contributed by atoms with Crippen molar-refractivity contribution in [2.45, 2.75) is 39.0 Å². The molecular weight excluding hydrogens is 188 g/mol. The lowest BCUT2D eigenvalue weighted by atomic mass is 9.76. The molecule has 0 radical (unpaired) electrons. The van der Waals surface area contributed by atoms with Gasteiger partial charge in [0, 0.05) is 0 Å². The van der Waals surface area contributed by atoms with E-state index in [-0.39, 0.29) is 5.92 Å². The normalized spacial score (nSPS) is 52.1. The molecule has 3 fully saturated rings. The predicted molar refractivity (Wildman–Crippen MR) is 57.3 cm³/mol. The quantitative estimate of drug-likeness (QED) is 0.757. The summed E-state index contributed by atoms with van der Waals surface area (Å²) in [5.74, 6) is 3.35. The largest absolute Gasteiger partial charge is 0.481 e. The molecule has 1 N–H and O–H groups in total. The smallest absolute Gasteiger partial charge is 0.306 e. The van der Waals surface area contributed by atoms with Gasteiger partial charge in [-0.25, -0.2) is 0 Å². The van der Waals surface area contributed by atoms with E-state index in [1.54, 1.807) is 0 Å². The lowest BCUT2D eigenvalue weighted by molar-refractivity contribution is -0.144. The highest BCUT2D eigenvalue weighted by Crippen LogP contribution is 2.62. The van der Waals surface area contributed by atoms with Gasteiger partial charge in [-0.05, 0) is 55.3 Å². The third-order valence-electron chi connectivity index (χ3n) is 5.46. The Bertz CT molecular complexity index is 286. The van der Waals surface area contributed by atoms with Gasteiger partial charge in [0.05, 0.1) is 5.92 Å². The molecule has 0 aliphatic heterocycles. The summed E-state index contributed by atoms with van der Waals surface area (Å²) < 4.78 is 0. The summed E-state index contributed by atoms with van der Waals surface area (Å²) in [6, 6.07) is 0. The summed E-state index contributed by atoms with van der Waals surface area (Å²) in [5.41, 5.74) is 0. The molecule has 0 spiro atoms. The van der Waals surface area contributed by atoms with Crippen molar-refractivity contribution in [1.82, 2.24) is 0 Å². The average molecular weight is 208 g/mol. The topological polar surface area (TPSA) is 37.3 Å². The van der Waals surface area contributed by atoms with E-state index < -0.39 is 5.97 Å². The molecule has 0 aromatic carbocycles. The van der Waals surface area contributed by atoms with Crippen LogP contribution in [0.15, 0.2) is 0 Å². The van der Waals surface area contributed by atoms with E-state index >= 15 is 0 Å². The maximum Gasteiger partial charge on any atom is 0.306 e. The third-order valence-corrected chi connectivity index (χ3v) is 5.46. The Balaban J connectivity index is 1.78. The Hall–Kier alpha value is -0.530. The van der Waals surface area contributed by atoms with Gasteiger partial charge in [0.1, 0.15) is 0 Å². The number of carbonyl (C=O) groups is 1. The molecule has 6 unspecified atom stereocenters. The molecule has 0 aromatic heterocycles. The second kappa shape index (κ2) is 3.23. The molecule has 0 amide bonds. The van der Waals surface area contributed by atoms with Crippen molar-refractivity contribution in [1.29, 1.82) is 0 Å². The third kappa shape index (κ3) is 1.26. The van der Waals surface area contributed by atoms with E-state index in [1.807, 2.05) is 0 Å². The Morgan fingerprint density at radius 1 is 1.13 bits per heavy atom. The maximum atomic E-state index is 11.1. The van der Waals surface area contributed by atoms with Crippen LogP contribution < -0.4 is 0 Å². The number of rotatable bonds is 2. The second-order valence-corrected chi connectivity index (χ2v) is 5.91. The van der Waals surface area contributed by atoms with Crippen LogP contribution in [0, 0.1) is 35.5 Å². The minimum Gasteiger partial charge on any atom is -0.481 e. The zero-order valence-corrected chi connectivity index (χ0v) is 9.36. The fourth-order valence-electron chi connectivity index (χ4n) is 4.80. The highest BCUT2D eigenvalue weighted by atomic mass is 16.4. The molecule has 3 rings (SSSR count). The summed E-state index contributed by atoms with van der Waals surface area (Å²) in [7, 11) is 0. The van der Waals surface area contributed by atoms with Crippen LogP contribution in [0.5, 0.6) is 0 Å². The lowest BCUT2D eigenvalue weighted by Gasteiger charge is -2.28. The monoisotopic (exact) mass is 208 g/mol. The van der Waals surface area contributed by atoms with Crippen LogP contribution in [0.4, 0.5) is 0 Å². The molecule has 2 heteroatoms. The molecule has 3 aliphatic carbocycles. The number of carboxylic acid groups (broad SMARTS) is 1. The first-order chi connectivity index (χ1) is 7.20. The first-order valence-electron chi connectivity index (χ1n) is 6.43. The van der Waals surface area contributed by atoms with Crippen molar-refractivity contribution < 1.29 is 9.90 Å². The van der Waals surface area contributed by atoms with Crippen LogP contribution >= 0.6 is 0 Å². The number of fused-ring (bicyclic) bond motifs is 5. The summed E-state index contributed by atoms with van der Waals surface area (Å²) in [6.07, 6.45) is 6.23. The second-order valence-electron chi connectivity index (χ2n) is 5.91. The van der Waals surface area contributed by atoms with Crippen LogP contribution in [0.25, 0.3) is 0 Å². The Morgan fingerprint density at radius 2 is 1.87 bits per heavy atom. The van der Waals surface area contributed by atoms with Gasteiger partial charge in [-0.2, -0.15) is 0 Å². The maximum absolute atomic E-state index is 11.1. The number of carboxylic acids is 1. The summed E-state index contributed by atoms with van der Waals surface area (Å²) >= 11 is 0. The molecule has 15 heavy (non-hydrogen) atoms. The van der Waals surface area contributed by atoms with Crippen LogP contribution in [-0.2, 0) is 4.79 Å². The minimum absolute atomic E-state index is 0.00635.